The number of likely N-dealkylation sites (tertiary alicyclic amines) is 1. The van der Waals surface area contributed by atoms with Crippen LogP contribution >= 0.6 is 0 Å². The molecule has 2 atom stereocenters. The van der Waals surface area contributed by atoms with Gasteiger partial charge in [0.15, 0.2) is 0 Å². The molecule has 2 aliphatic heterocycles. The van der Waals surface area contributed by atoms with Crippen LogP contribution in [0.15, 0.2) is 18.2 Å². The highest BCUT2D eigenvalue weighted by molar-refractivity contribution is 5.99. The van der Waals surface area contributed by atoms with Crippen LogP contribution in [-0.2, 0) is 17.6 Å². The molecule has 138 valence electrons. The number of H-pyrrole nitrogens is 1. The summed E-state index contributed by atoms with van der Waals surface area (Å²) in [5.41, 5.74) is 4.47. The Hall–Kier alpha value is -1.85. The van der Waals surface area contributed by atoms with Crippen molar-refractivity contribution in [3.05, 3.63) is 35.0 Å². The van der Waals surface area contributed by atoms with Gasteiger partial charge >= 0.3 is 0 Å². The zero-order chi connectivity index (χ0) is 17.7. The van der Waals surface area contributed by atoms with Gasteiger partial charge in [-0.15, -0.1) is 0 Å². The minimum atomic E-state index is -0.175. The van der Waals surface area contributed by atoms with E-state index in [1.807, 2.05) is 11.0 Å². The summed E-state index contributed by atoms with van der Waals surface area (Å²) in [5.74, 6) is 0.328. The number of aliphatic hydroxyl groups excluding tert-OH is 1. The molecule has 0 spiro atoms. The van der Waals surface area contributed by atoms with E-state index in [4.69, 9.17) is 4.74 Å². The van der Waals surface area contributed by atoms with Crippen LogP contribution in [0, 0.1) is 11.3 Å². The minimum absolute atomic E-state index is 0.0832. The predicted molar refractivity (Wildman–Crippen MR) is 99.3 cm³/mol. The second-order valence-electron chi connectivity index (χ2n) is 8.28. The average Bonchev–Trinajstić information content (AvgIpc) is 3.25. The monoisotopic (exact) mass is 354 g/mol. The fourth-order valence-corrected chi connectivity index (χ4v) is 5.18. The van der Waals surface area contributed by atoms with Crippen molar-refractivity contribution in [2.45, 2.75) is 32.1 Å². The molecule has 5 rings (SSSR count). The number of carbonyl (C=O) groups excluding carboxylic acids is 1. The molecule has 1 aromatic heterocycles. The summed E-state index contributed by atoms with van der Waals surface area (Å²) in [6.45, 7) is 2.78. The molecule has 2 saturated heterocycles. The van der Waals surface area contributed by atoms with E-state index >= 15 is 0 Å². The van der Waals surface area contributed by atoms with Gasteiger partial charge in [0.25, 0.3) is 5.91 Å². The molecule has 3 heterocycles. The van der Waals surface area contributed by atoms with Gasteiger partial charge in [-0.25, -0.2) is 0 Å². The van der Waals surface area contributed by atoms with Crippen LogP contribution in [0.3, 0.4) is 0 Å². The van der Waals surface area contributed by atoms with Gasteiger partial charge in [-0.2, -0.15) is 0 Å². The highest BCUT2D eigenvalue weighted by Crippen LogP contribution is 2.42. The largest absolute Gasteiger partial charge is 0.396 e. The number of aromatic amines is 1. The maximum atomic E-state index is 13.2. The number of aryl methyl sites for hydroxylation is 2. The maximum Gasteiger partial charge on any atom is 0.253 e. The molecular weight excluding hydrogens is 328 g/mol. The van der Waals surface area contributed by atoms with Gasteiger partial charge in [-0.1, -0.05) is 0 Å². The second kappa shape index (κ2) is 6.10. The summed E-state index contributed by atoms with van der Waals surface area (Å²) in [6, 6.07) is 6.06. The fourth-order valence-electron chi connectivity index (χ4n) is 5.18. The number of ether oxygens (including phenoxy) is 1. The van der Waals surface area contributed by atoms with E-state index < -0.39 is 0 Å². The van der Waals surface area contributed by atoms with E-state index in [9.17, 15) is 9.90 Å². The molecule has 1 aromatic carbocycles. The molecule has 0 unspecified atom stereocenters. The van der Waals surface area contributed by atoms with Crippen molar-refractivity contribution in [3.63, 3.8) is 0 Å². The summed E-state index contributed by atoms with van der Waals surface area (Å²) in [7, 11) is 0. The first-order chi connectivity index (χ1) is 12.7. The predicted octanol–water partition coefficient (Wildman–Crippen LogP) is 2.52. The van der Waals surface area contributed by atoms with Crippen LogP contribution < -0.4 is 0 Å². The lowest BCUT2D eigenvalue weighted by Gasteiger charge is -2.36. The molecule has 1 amide bonds. The van der Waals surface area contributed by atoms with Gasteiger partial charge in [0.2, 0.25) is 0 Å². The topological polar surface area (TPSA) is 65.6 Å². The van der Waals surface area contributed by atoms with Crippen molar-refractivity contribution in [1.29, 1.82) is 0 Å². The number of nitrogens with zero attached hydrogens (tertiary/aromatic N) is 1. The van der Waals surface area contributed by atoms with Crippen LogP contribution in [0.2, 0.25) is 0 Å². The van der Waals surface area contributed by atoms with Crippen molar-refractivity contribution >= 4 is 16.8 Å². The quantitative estimate of drug-likeness (QED) is 0.871. The Morgan fingerprint density at radius 2 is 2.23 bits per heavy atom. The lowest BCUT2D eigenvalue weighted by Crippen LogP contribution is -2.41. The number of rotatable bonds is 2. The van der Waals surface area contributed by atoms with Gasteiger partial charge in [0.05, 0.1) is 13.2 Å². The van der Waals surface area contributed by atoms with E-state index in [1.54, 1.807) is 0 Å². The van der Waals surface area contributed by atoms with Crippen molar-refractivity contribution in [2.75, 3.05) is 32.9 Å². The van der Waals surface area contributed by atoms with Crippen molar-refractivity contribution < 1.29 is 14.6 Å². The molecule has 5 heteroatoms. The van der Waals surface area contributed by atoms with Crippen molar-refractivity contribution in [2.24, 2.45) is 11.3 Å². The number of carbonyl (C=O) groups is 1. The Labute approximate surface area is 153 Å². The standard InChI is InChI=1S/C21H26N2O3/c24-13-21-7-8-26-11-15(21)10-23(12-21)20(25)14-5-6-19-17(9-14)16-3-1-2-4-18(16)22-19/h5-6,9,15,22,24H,1-4,7-8,10-13H2/t15-,21-/m1/s1. The second-order valence-corrected chi connectivity index (χ2v) is 8.28. The summed E-state index contributed by atoms with van der Waals surface area (Å²) in [4.78, 5) is 18.6. The number of aromatic nitrogens is 1. The van der Waals surface area contributed by atoms with E-state index in [-0.39, 0.29) is 23.8 Å². The number of hydrogen-bond acceptors (Lipinski definition) is 3. The lowest BCUT2D eigenvalue weighted by molar-refractivity contribution is -0.0415. The third-order valence-corrected chi connectivity index (χ3v) is 6.82. The van der Waals surface area contributed by atoms with Crippen LogP contribution in [0.1, 0.15) is 40.9 Å². The van der Waals surface area contributed by atoms with Gasteiger partial charge in [0.1, 0.15) is 0 Å². The van der Waals surface area contributed by atoms with Gasteiger partial charge in [0, 0.05) is 53.2 Å². The van der Waals surface area contributed by atoms with Gasteiger partial charge in [-0.05, 0) is 55.9 Å². The van der Waals surface area contributed by atoms with E-state index in [2.05, 4.69) is 17.1 Å². The number of fused-ring (bicyclic) bond motifs is 4. The van der Waals surface area contributed by atoms with Gasteiger partial charge < -0.3 is 19.7 Å². The molecule has 2 fully saturated rings. The summed E-state index contributed by atoms with van der Waals surface area (Å²) < 4.78 is 5.60. The minimum Gasteiger partial charge on any atom is -0.396 e. The number of hydrogen-bond donors (Lipinski definition) is 2. The number of amides is 1. The molecule has 1 aliphatic carbocycles. The molecule has 26 heavy (non-hydrogen) atoms. The Morgan fingerprint density at radius 3 is 3.08 bits per heavy atom. The Morgan fingerprint density at radius 1 is 1.35 bits per heavy atom. The highest BCUT2D eigenvalue weighted by atomic mass is 16.5. The molecule has 3 aliphatic rings. The number of benzene rings is 1. The number of aliphatic hydroxyl groups is 1. The third-order valence-electron chi connectivity index (χ3n) is 6.82. The molecule has 0 saturated carbocycles. The van der Waals surface area contributed by atoms with E-state index in [0.717, 1.165) is 30.3 Å². The first kappa shape index (κ1) is 16.3. The highest BCUT2D eigenvalue weighted by Gasteiger charge is 2.49. The van der Waals surface area contributed by atoms with E-state index in [0.29, 0.717) is 26.3 Å². The number of nitrogens with one attached hydrogen (secondary N) is 1. The first-order valence-corrected chi connectivity index (χ1v) is 9.81. The van der Waals surface area contributed by atoms with Crippen LogP contribution in [-0.4, -0.2) is 53.8 Å². The SMILES string of the molecule is O=C(c1ccc2[nH]c3c(c2c1)CCCC3)N1C[C@@H]2COCC[C@]2(CO)C1. The first-order valence-electron chi connectivity index (χ1n) is 9.81. The normalized spacial score (nSPS) is 28.2. The van der Waals surface area contributed by atoms with Crippen LogP contribution in [0.5, 0.6) is 0 Å². The Bertz CT molecular complexity index is 858. The van der Waals surface area contributed by atoms with Gasteiger partial charge in [-0.3, -0.25) is 4.79 Å². The molecular formula is C21H26N2O3. The fraction of sp³-hybridized carbons (Fsp3) is 0.571. The maximum absolute atomic E-state index is 13.2. The summed E-state index contributed by atoms with van der Waals surface area (Å²) in [5, 5.41) is 11.2. The smallest absolute Gasteiger partial charge is 0.253 e. The third kappa shape index (κ3) is 2.41. The molecule has 2 N–H and O–H groups in total. The zero-order valence-electron chi connectivity index (χ0n) is 15.1. The Kier molecular flexibility index (Phi) is 3.83. The summed E-state index contributed by atoms with van der Waals surface area (Å²) in [6.07, 6.45) is 5.52. The van der Waals surface area contributed by atoms with E-state index in [1.165, 1.54) is 29.5 Å². The summed E-state index contributed by atoms with van der Waals surface area (Å²) >= 11 is 0. The molecule has 0 radical (unpaired) electrons. The van der Waals surface area contributed by atoms with Crippen LogP contribution in [0.25, 0.3) is 10.9 Å². The van der Waals surface area contributed by atoms with Crippen LogP contribution in [0.4, 0.5) is 0 Å². The molecule has 2 aromatic rings. The zero-order valence-corrected chi connectivity index (χ0v) is 15.1. The Balaban J connectivity index is 1.45. The van der Waals surface area contributed by atoms with Crippen molar-refractivity contribution in [1.82, 2.24) is 9.88 Å². The van der Waals surface area contributed by atoms with Crippen molar-refractivity contribution in [3.8, 4) is 0 Å². The molecule has 0 bridgehead atoms. The average molecular weight is 354 g/mol. The lowest BCUT2D eigenvalue weighted by atomic mass is 9.75. The molecule has 5 nitrogen and oxygen atoms in total.